The molecule has 3 rings (SSSR count). The number of methoxy groups -OCH3 is 1. The Morgan fingerprint density at radius 2 is 2.19 bits per heavy atom. The summed E-state index contributed by atoms with van der Waals surface area (Å²) in [5.74, 6) is -0.504. The number of esters is 1. The van der Waals surface area contributed by atoms with Gasteiger partial charge in [-0.05, 0) is 13.0 Å². The molecule has 0 aliphatic rings. The van der Waals surface area contributed by atoms with Crippen molar-refractivity contribution in [3.8, 4) is 0 Å². The minimum atomic E-state index is -0.504. The molecule has 26 heavy (non-hydrogen) atoms. The van der Waals surface area contributed by atoms with Gasteiger partial charge in [0.1, 0.15) is 5.56 Å². The number of carbonyl (C=O) groups is 1. The maximum atomic E-state index is 12.8. The first-order chi connectivity index (χ1) is 12.7. The van der Waals surface area contributed by atoms with Crippen LogP contribution in [-0.4, -0.2) is 41.1 Å². The number of anilines is 2. The molecular weight excluding hydrogens is 356 g/mol. The first-order valence-corrected chi connectivity index (χ1v) is 8.88. The van der Waals surface area contributed by atoms with Crippen LogP contribution in [0.15, 0.2) is 34.8 Å². The molecular formula is C17H18N4O4S. The number of nitrogens with zero attached hydrogens (tertiary/aromatic N) is 3. The van der Waals surface area contributed by atoms with E-state index >= 15 is 0 Å². The highest BCUT2D eigenvalue weighted by molar-refractivity contribution is 7.17. The van der Waals surface area contributed by atoms with E-state index in [1.807, 2.05) is 12.3 Å². The molecule has 3 aromatic rings. The Kier molecular flexibility index (Phi) is 5.59. The molecule has 3 aromatic heterocycles. The second-order valence-corrected chi connectivity index (χ2v) is 6.21. The van der Waals surface area contributed by atoms with Crippen molar-refractivity contribution in [2.75, 3.05) is 25.6 Å². The third-order valence-electron chi connectivity index (χ3n) is 3.73. The Balaban J connectivity index is 1.98. The summed E-state index contributed by atoms with van der Waals surface area (Å²) in [6.45, 7) is 3.27. The normalized spacial score (nSPS) is 10.8. The number of aromatic nitrogens is 3. The Bertz CT molecular complexity index is 982. The summed E-state index contributed by atoms with van der Waals surface area (Å²) in [5.41, 5.74) is 1.21. The van der Waals surface area contributed by atoms with Gasteiger partial charge in [-0.15, -0.1) is 11.3 Å². The monoisotopic (exact) mass is 374 g/mol. The van der Waals surface area contributed by atoms with E-state index in [0.717, 1.165) is 4.70 Å². The number of rotatable bonds is 7. The van der Waals surface area contributed by atoms with E-state index in [2.05, 4.69) is 15.4 Å². The SMILES string of the molecule is CCOCCn1ncc2scc(Nc3ccncc3C(=O)OC)c2c1=O. The molecule has 0 atom stereocenters. The molecule has 0 aliphatic carbocycles. The molecule has 0 bridgehead atoms. The smallest absolute Gasteiger partial charge is 0.341 e. The van der Waals surface area contributed by atoms with Crippen LogP contribution in [0, 0.1) is 0 Å². The molecule has 0 fully saturated rings. The van der Waals surface area contributed by atoms with Gasteiger partial charge in [-0.3, -0.25) is 9.78 Å². The van der Waals surface area contributed by atoms with Gasteiger partial charge in [0, 0.05) is 24.4 Å². The van der Waals surface area contributed by atoms with E-state index < -0.39 is 5.97 Å². The minimum Gasteiger partial charge on any atom is -0.465 e. The molecule has 3 heterocycles. The second kappa shape index (κ2) is 8.07. The molecule has 9 heteroatoms. The zero-order valence-electron chi connectivity index (χ0n) is 14.4. The maximum absolute atomic E-state index is 12.8. The van der Waals surface area contributed by atoms with Gasteiger partial charge < -0.3 is 14.8 Å². The molecule has 0 radical (unpaired) electrons. The van der Waals surface area contributed by atoms with Crippen LogP contribution in [0.3, 0.4) is 0 Å². The second-order valence-electron chi connectivity index (χ2n) is 5.30. The predicted molar refractivity (Wildman–Crippen MR) is 99.2 cm³/mol. The summed E-state index contributed by atoms with van der Waals surface area (Å²) in [6, 6.07) is 1.66. The van der Waals surface area contributed by atoms with E-state index in [4.69, 9.17) is 9.47 Å². The van der Waals surface area contributed by atoms with E-state index in [1.165, 1.54) is 29.3 Å². The van der Waals surface area contributed by atoms with Gasteiger partial charge in [0.15, 0.2) is 0 Å². The van der Waals surface area contributed by atoms with Crippen molar-refractivity contribution >= 4 is 38.8 Å². The molecule has 0 saturated carbocycles. The zero-order valence-corrected chi connectivity index (χ0v) is 15.2. The molecule has 0 unspecified atom stereocenters. The highest BCUT2D eigenvalue weighted by Crippen LogP contribution is 2.30. The molecule has 0 saturated heterocycles. The summed E-state index contributed by atoms with van der Waals surface area (Å²) in [5, 5.41) is 9.67. The van der Waals surface area contributed by atoms with Crippen molar-refractivity contribution in [1.29, 1.82) is 0 Å². The summed E-state index contributed by atoms with van der Waals surface area (Å²) in [6.07, 6.45) is 4.64. The molecule has 0 spiro atoms. The number of thiophene rings is 1. The van der Waals surface area contributed by atoms with Crippen LogP contribution < -0.4 is 10.9 Å². The Morgan fingerprint density at radius 1 is 1.35 bits per heavy atom. The van der Waals surface area contributed by atoms with Gasteiger partial charge in [0.05, 0.1) is 47.9 Å². The topological polar surface area (TPSA) is 95.3 Å². The van der Waals surface area contributed by atoms with Gasteiger partial charge in [0.2, 0.25) is 0 Å². The van der Waals surface area contributed by atoms with Gasteiger partial charge in [0.25, 0.3) is 5.56 Å². The molecule has 0 aliphatic heterocycles. The number of carbonyl (C=O) groups excluding carboxylic acids is 1. The van der Waals surface area contributed by atoms with E-state index in [1.54, 1.807) is 18.5 Å². The van der Waals surface area contributed by atoms with Gasteiger partial charge in [-0.1, -0.05) is 0 Å². The quantitative estimate of drug-likeness (QED) is 0.501. The fraction of sp³-hybridized carbons (Fsp3) is 0.294. The summed E-state index contributed by atoms with van der Waals surface area (Å²) < 4.78 is 12.2. The van der Waals surface area contributed by atoms with Gasteiger partial charge in [-0.2, -0.15) is 5.10 Å². The average Bonchev–Trinajstić information content (AvgIpc) is 3.07. The molecule has 136 valence electrons. The Morgan fingerprint density at radius 3 is 2.96 bits per heavy atom. The van der Waals surface area contributed by atoms with E-state index in [9.17, 15) is 9.59 Å². The van der Waals surface area contributed by atoms with Crippen LogP contribution in [0.25, 0.3) is 10.1 Å². The maximum Gasteiger partial charge on any atom is 0.341 e. The third kappa shape index (κ3) is 3.58. The third-order valence-corrected chi connectivity index (χ3v) is 4.65. The first kappa shape index (κ1) is 18.0. The number of fused-ring (bicyclic) bond motifs is 1. The van der Waals surface area contributed by atoms with Crippen molar-refractivity contribution in [3.63, 3.8) is 0 Å². The van der Waals surface area contributed by atoms with Crippen LogP contribution in [-0.2, 0) is 16.0 Å². The standard InChI is InChI=1S/C17H18N4O4S/c1-3-25-7-6-21-16(22)15-13(10-26-14(15)9-19-21)20-12-4-5-18-8-11(12)17(23)24-2/h4-5,8-10H,3,6-7H2,1-2H3,(H,18,20). The van der Waals surface area contributed by atoms with E-state index in [0.29, 0.717) is 42.1 Å². The van der Waals surface area contributed by atoms with Crippen molar-refractivity contribution in [3.05, 3.63) is 46.0 Å². The number of nitrogens with one attached hydrogen (secondary N) is 1. The zero-order chi connectivity index (χ0) is 18.5. The predicted octanol–water partition coefficient (Wildman–Crippen LogP) is 2.42. The first-order valence-electron chi connectivity index (χ1n) is 8.00. The van der Waals surface area contributed by atoms with Crippen molar-refractivity contribution in [2.24, 2.45) is 0 Å². The minimum absolute atomic E-state index is 0.209. The van der Waals surface area contributed by atoms with Crippen LogP contribution in [0.5, 0.6) is 0 Å². The Labute approximate surface area is 153 Å². The van der Waals surface area contributed by atoms with Crippen LogP contribution in [0.4, 0.5) is 11.4 Å². The molecule has 0 amide bonds. The molecule has 1 N–H and O–H groups in total. The fourth-order valence-electron chi connectivity index (χ4n) is 2.46. The highest BCUT2D eigenvalue weighted by Gasteiger charge is 2.16. The van der Waals surface area contributed by atoms with Crippen LogP contribution in [0.2, 0.25) is 0 Å². The number of ether oxygens (including phenoxy) is 2. The lowest BCUT2D eigenvalue weighted by molar-refractivity contribution is 0.0601. The summed E-state index contributed by atoms with van der Waals surface area (Å²) in [4.78, 5) is 28.6. The number of pyridine rings is 1. The number of hydrogen-bond acceptors (Lipinski definition) is 8. The Hall–Kier alpha value is -2.78. The van der Waals surface area contributed by atoms with Crippen molar-refractivity contribution < 1.29 is 14.3 Å². The summed E-state index contributed by atoms with van der Waals surface area (Å²) in [7, 11) is 1.31. The van der Waals surface area contributed by atoms with E-state index in [-0.39, 0.29) is 5.56 Å². The van der Waals surface area contributed by atoms with Gasteiger partial charge >= 0.3 is 5.97 Å². The van der Waals surface area contributed by atoms with Crippen molar-refractivity contribution in [2.45, 2.75) is 13.5 Å². The molecule has 8 nitrogen and oxygen atoms in total. The summed E-state index contributed by atoms with van der Waals surface area (Å²) >= 11 is 1.40. The average molecular weight is 374 g/mol. The van der Waals surface area contributed by atoms with Crippen LogP contribution >= 0.6 is 11.3 Å². The van der Waals surface area contributed by atoms with Crippen molar-refractivity contribution in [1.82, 2.24) is 14.8 Å². The fourth-order valence-corrected chi connectivity index (χ4v) is 3.30. The lowest BCUT2D eigenvalue weighted by Crippen LogP contribution is -2.24. The van der Waals surface area contributed by atoms with Crippen LogP contribution in [0.1, 0.15) is 17.3 Å². The highest BCUT2D eigenvalue weighted by atomic mass is 32.1. The largest absolute Gasteiger partial charge is 0.465 e. The lowest BCUT2D eigenvalue weighted by atomic mass is 10.2. The van der Waals surface area contributed by atoms with Gasteiger partial charge in [-0.25, -0.2) is 9.48 Å². The lowest BCUT2D eigenvalue weighted by Gasteiger charge is -2.10. The number of hydrogen-bond donors (Lipinski definition) is 1. The molecule has 0 aromatic carbocycles.